The topological polar surface area (TPSA) is 37.6 Å². The lowest BCUT2D eigenvalue weighted by Gasteiger charge is -2.29. The molecule has 1 aromatic carbocycles. The highest BCUT2D eigenvalue weighted by Gasteiger charge is 2.26. The molecular weight excluding hydrogens is 322 g/mol. The summed E-state index contributed by atoms with van der Waals surface area (Å²) in [6, 6.07) is 12.0. The normalized spacial score (nSPS) is 14.0. The number of aryl methyl sites for hydroxylation is 1. The maximum absolute atomic E-state index is 13.2. The second-order valence-electron chi connectivity index (χ2n) is 6.08. The van der Waals surface area contributed by atoms with Gasteiger partial charge in [-0.05, 0) is 36.1 Å². The van der Waals surface area contributed by atoms with Gasteiger partial charge in [0, 0.05) is 19.3 Å². The molecule has 3 aromatic rings. The zero-order valence-electron chi connectivity index (χ0n) is 13.5. The van der Waals surface area contributed by atoms with E-state index in [-0.39, 0.29) is 5.91 Å². The summed E-state index contributed by atoms with van der Waals surface area (Å²) in [6.07, 6.45) is 3.37. The lowest BCUT2D eigenvalue weighted by Crippen LogP contribution is -2.37. The van der Waals surface area contributed by atoms with Crippen LogP contribution in [0.15, 0.2) is 42.6 Å². The number of benzene rings is 1. The van der Waals surface area contributed by atoms with Gasteiger partial charge in [0.2, 0.25) is 0 Å². The van der Waals surface area contributed by atoms with E-state index in [1.807, 2.05) is 28.4 Å². The number of carbonyl (C=O) groups is 1. The van der Waals surface area contributed by atoms with E-state index in [1.165, 1.54) is 11.1 Å². The minimum Gasteiger partial charge on any atom is -0.333 e. The molecule has 1 aliphatic heterocycles. The number of hydrogen-bond donors (Lipinski definition) is 0. The fraction of sp³-hybridized carbons (Fsp3) is 0.263. The van der Waals surface area contributed by atoms with Crippen molar-refractivity contribution in [2.24, 2.45) is 0 Å². The molecule has 24 heavy (non-hydrogen) atoms. The van der Waals surface area contributed by atoms with Crippen LogP contribution in [0, 0.1) is 0 Å². The van der Waals surface area contributed by atoms with Gasteiger partial charge in [-0.15, -0.1) is 0 Å². The number of amides is 1. The molecule has 5 heteroatoms. The molecule has 4 nitrogen and oxygen atoms in total. The average Bonchev–Trinajstić information content (AvgIpc) is 2.98. The third-order valence-corrected chi connectivity index (χ3v) is 4.83. The van der Waals surface area contributed by atoms with E-state index in [0.29, 0.717) is 23.7 Å². The molecule has 0 unspecified atom stereocenters. The molecule has 122 valence electrons. The molecule has 4 rings (SSSR count). The number of hydrogen-bond acceptors (Lipinski definition) is 2. The minimum absolute atomic E-state index is 0.0242. The third-order valence-electron chi connectivity index (χ3n) is 4.61. The first-order valence-corrected chi connectivity index (χ1v) is 8.57. The van der Waals surface area contributed by atoms with E-state index < -0.39 is 0 Å². The Morgan fingerprint density at radius 1 is 1.21 bits per heavy atom. The zero-order valence-corrected chi connectivity index (χ0v) is 14.3. The van der Waals surface area contributed by atoms with Crippen LogP contribution >= 0.6 is 11.6 Å². The Balaban J connectivity index is 1.75. The average molecular weight is 340 g/mol. The number of halogens is 1. The standard InChI is InChI=1S/C19H18ClN3O/c1-2-16-18(23-12-15(20)7-8-17(23)21-16)19(24)22-10-9-13-5-3-4-6-14(13)11-22/h3-8,12H,2,9-11H2,1H3. The van der Waals surface area contributed by atoms with Crippen LogP contribution in [0.5, 0.6) is 0 Å². The van der Waals surface area contributed by atoms with Gasteiger partial charge in [0.05, 0.1) is 10.7 Å². The monoisotopic (exact) mass is 339 g/mol. The second-order valence-corrected chi connectivity index (χ2v) is 6.52. The first kappa shape index (κ1) is 15.2. The highest BCUT2D eigenvalue weighted by molar-refractivity contribution is 6.30. The van der Waals surface area contributed by atoms with E-state index in [2.05, 4.69) is 23.2 Å². The maximum atomic E-state index is 13.2. The molecule has 0 aliphatic carbocycles. The van der Waals surface area contributed by atoms with Crippen molar-refractivity contribution in [1.82, 2.24) is 14.3 Å². The van der Waals surface area contributed by atoms with E-state index in [0.717, 1.165) is 24.3 Å². The maximum Gasteiger partial charge on any atom is 0.273 e. The van der Waals surface area contributed by atoms with E-state index in [4.69, 9.17) is 11.6 Å². The summed E-state index contributed by atoms with van der Waals surface area (Å²) in [7, 11) is 0. The molecule has 2 aromatic heterocycles. The van der Waals surface area contributed by atoms with Gasteiger partial charge in [0.25, 0.3) is 5.91 Å². The van der Waals surface area contributed by atoms with Crippen molar-refractivity contribution in [2.75, 3.05) is 6.54 Å². The lowest BCUT2D eigenvalue weighted by atomic mass is 9.99. The fourth-order valence-electron chi connectivity index (χ4n) is 3.36. The van der Waals surface area contributed by atoms with Crippen molar-refractivity contribution in [3.63, 3.8) is 0 Å². The highest BCUT2D eigenvalue weighted by Crippen LogP contribution is 2.23. The summed E-state index contributed by atoms with van der Waals surface area (Å²) in [4.78, 5) is 19.7. The molecule has 0 radical (unpaired) electrons. The Morgan fingerprint density at radius 2 is 2.00 bits per heavy atom. The number of rotatable bonds is 2. The second kappa shape index (κ2) is 5.95. The van der Waals surface area contributed by atoms with Gasteiger partial charge in [-0.1, -0.05) is 42.8 Å². The van der Waals surface area contributed by atoms with Crippen LogP contribution in [0.2, 0.25) is 5.02 Å². The molecule has 0 bridgehead atoms. The molecular formula is C19H18ClN3O. The largest absolute Gasteiger partial charge is 0.333 e. The summed E-state index contributed by atoms with van der Waals surface area (Å²) < 4.78 is 1.82. The minimum atomic E-state index is 0.0242. The summed E-state index contributed by atoms with van der Waals surface area (Å²) in [6.45, 7) is 3.39. The molecule has 0 saturated heterocycles. The molecule has 3 heterocycles. The third kappa shape index (κ3) is 2.47. The van der Waals surface area contributed by atoms with Gasteiger partial charge in [-0.2, -0.15) is 0 Å². The smallest absolute Gasteiger partial charge is 0.273 e. The predicted molar refractivity (Wildman–Crippen MR) is 94.5 cm³/mol. The number of carbonyl (C=O) groups excluding carboxylic acids is 1. The molecule has 0 saturated carbocycles. The summed E-state index contributed by atoms with van der Waals surface area (Å²) >= 11 is 6.13. The molecule has 0 atom stereocenters. The van der Waals surface area contributed by atoms with Gasteiger partial charge in [0.1, 0.15) is 11.3 Å². The Morgan fingerprint density at radius 3 is 2.79 bits per heavy atom. The number of aromatic nitrogens is 2. The molecule has 0 N–H and O–H groups in total. The van der Waals surface area contributed by atoms with Crippen molar-refractivity contribution < 1.29 is 4.79 Å². The van der Waals surface area contributed by atoms with Crippen LogP contribution in [0.25, 0.3) is 5.65 Å². The van der Waals surface area contributed by atoms with Crippen LogP contribution in [0.3, 0.4) is 0 Å². The quantitative estimate of drug-likeness (QED) is 0.713. The molecule has 1 aliphatic rings. The van der Waals surface area contributed by atoms with E-state index in [9.17, 15) is 4.79 Å². The molecule has 0 fully saturated rings. The fourth-order valence-corrected chi connectivity index (χ4v) is 3.52. The van der Waals surface area contributed by atoms with Crippen LogP contribution in [-0.2, 0) is 19.4 Å². The summed E-state index contributed by atoms with van der Waals surface area (Å²) in [5.41, 5.74) is 4.77. The Hall–Kier alpha value is -2.33. The predicted octanol–water partition coefficient (Wildman–Crippen LogP) is 3.75. The Bertz CT molecular complexity index is 932. The first-order chi connectivity index (χ1) is 11.7. The van der Waals surface area contributed by atoms with Gasteiger partial charge in [-0.3, -0.25) is 9.20 Å². The Kier molecular flexibility index (Phi) is 3.77. The number of imidazole rings is 1. The van der Waals surface area contributed by atoms with Crippen LogP contribution in [-0.4, -0.2) is 26.7 Å². The highest BCUT2D eigenvalue weighted by atomic mass is 35.5. The number of nitrogens with zero attached hydrogens (tertiary/aromatic N) is 3. The number of pyridine rings is 1. The van der Waals surface area contributed by atoms with Crippen molar-refractivity contribution in [3.05, 3.63) is 70.1 Å². The SMILES string of the molecule is CCc1nc2ccc(Cl)cn2c1C(=O)N1CCc2ccccc2C1. The van der Waals surface area contributed by atoms with Crippen molar-refractivity contribution >= 4 is 23.2 Å². The van der Waals surface area contributed by atoms with Gasteiger partial charge in [-0.25, -0.2) is 4.98 Å². The first-order valence-electron chi connectivity index (χ1n) is 8.20. The van der Waals surface area contributed by atoms with E-state index >= 15 is 0 Å². The van der Waals surface area contributed by atoms with Gasteiger partial charge in [0.15, 0.2) is 0 Å². The van der Waals surface area contributed by atoms with E-state index in [1.54, 1.807) is 12.3 Å². The lowest BCUT2D eigenvalue weighted by molar-refractivity contribution is 0.0726. The van der Waals surface area contributed by atoms with Gasteiger partial charge < -0.3 is 4.90 Å². The van der Waals surface area contributed by atoms with Gasteiger partial charge >= 0.3 is 0 Å². The summed E-state index contributed by atoms with van der Waals surface area (Å²) in [5, 5.41) is 0.598. The van der Waals surface area contributed by atoms with Crippen molar-refractivity contribution in [1.29, 1.82) is 0 Å². The van der Waals surface area contributed by atoms with Crippen LogP contribution in [0.1, 0.15) is 34.2 Å². The zero-order chi connectivity index (χ0) is 16.7. The van der Waals surface area contributed by atoms with Crippen molar-refractivity contribution in [3.8, 4) is 0 Å². The van der Waals surface area contributed by atoms with Crippen LogP contribution in [0.4, 0.5) is 0 Å². The van der Waals surface area contributed by atoms with Crippen molar-refractivity contribution in [2.45, 2.75) is 26.3 Å². The number of fused-ring (bicyclic) bond motifs is 2. The van der Waals surface area contributed by atoms with Crippen LogP contribution < -0.4 is 0 Å². The summed E-state index contributed by atoms with van der Waals surface area (Å²) in [5.74, 6) is 0.0242. The molecule has 1 amide bonds. The molecule has 0 spiro atoms. The Labute approximate surface area is 145 Å².